The van der Waals surface area contributed by atoms with Crippen LogP contribution in [0, 0.1) is 0 Å². The van der Waals surface area contributed by atoms with E-state index >= 15 is 0 Å². The molecule has 0 saturated heterocycles. The third-order valence-electron chi connectivity index (χ3n) is 8.67. The fourth-order valence-corrected chi connectivity index (χ4v) is 6.40. The first-order valence-corrected chi connectivity index (χ1v) is 15.4. The van der Waals surface area contributed by atoms with Crippen molar-refractivity contribution in [3.8, 4) is 33.4 Å². The molecule has 0 spiro atoms. The van der Waals surface area contributed by atoms with Crippen LogP contribution in [0.25, 0.3) is 54.9 Å². The summed E-state index contributed by atoms with van der Waals surface area (Å²) in [5.74, 6) is 0. The van der Waals surface area contributed by atoms with Gasteiger partial charge in [0.15, 0.2) is 0 Å². The minimum atomic E-state index is 1.12. The summed E-state index contributed by atoms with van der Waals surface area (Å²) in [4.78, 5) is 2.31. The average Bonchev–Trinajstić information content (AvgIpc) is 3.13. The van der Waals surface area contributed by atoms with E-state index in [9.17, 15) is 0 Å². The summed E-state index contributed by atoms with van der Waals surface area (Å²) in [6.45, 7) is 0. The van der Waals surface area contributed by atoms with Crippen LogP contribution in [-0.2, 0) is 0 Å². The molecule has 0 saturated carbocycles. The summed E-state index contributed by atoms with van der Waals surface area (Å²) in [5, 5.41) is 5.14. The summed E-state index contributed by atoms with van der Waals surface area (Å²) in [6.07, 6.45) is 0. The largest absolute Gasteiger partial charge is 0.311 e. The van der Waals surface area contributed by atoms with Gasteiger partial charge in [0.1, 0.15) is 0 Å². The lowest BCUT2D eigenvalue weighted by Gasteiger charge is -2.26. The van der Waals surface area contributed by atoms with Crippen molar-refractivity contribution in [2.45, 2.75) is 0 Å². The Morgan fingerprint density at radius 3 is 1.27 bits per heavy atom. The van der Waals surface area contributed by atoms with Gasteiger partial charge in [-0.15, -0.1) is 0 Å². The zero-order chi connectivity index (χ0) is 30.0. The van der Waals surface area contributed by atoms with Crippen molar-refractivity contribution in [1.82, 2.24) is 0 Å². The molecule has 0 aliphatic heterocycles. The van der Waals surface area contributed by atoms with Gasteiger partial charge in [-0.25, -0.2) is 0 Å². The normalized spacial score (nSPS) is 11.1. The number of fused-ring (bicyclic) bond motifs is 3. The maximum atomic E-state index is 2.33. The third-order valence-corrected chi connectivity index (χ3v) is 8.67. The molecular formula is C44H31N. The molecular weight excluding hydrogens is 542 g/mol. The predicted octanol–water partition coefficient (Wildman–Crippen LogP) is 12.5. The first-order chi connectivity index (χ1) is 22.3. The van der Waals surface area contributed by atoms with Gasteiger partial charge in [0, 0.05) is 17.1 Å². The second kappa shape index (κ2) is 11.6. The number of hydrogen-bond donors (Lipinski definition) is 0. The maximum absolute atomic E-state index is 2.33. The summed E-state index contributed by atoms with van der Waals surface area (Å²) in [5.41, 5.74) is 10.7. The number of para-hydroxylation sites is 1. The molecule has 8 rings (SSSR count). The standard InChI is InChI=1S/C44H31N/c1-3-11-32(12-4-1)34-23-27-39(28-24-34)45(38-14-5-2-6-15-38)40-29-25-35(26-30-40)33-19-21-36(22-20-33)44-31-37-13-7-8-16-41(37)42-17-9-10-18-43(42)44/h1-31H. The van der Waals surface area contributed by atoms with Gasteiger partial charge in [0.2, 0.25) is 0 Å². The van der Waals surface area contributed by atoms with Gasteiger partial charge in [-0.2, -0.15) is 0 Å². The Hall–Kier alpha value is -5.92. The van der Waals surface area contributed by atoms with Gasteiger partial charge in [0.25, 0.3) is 0 Å². The Labute approximate surface area is 264 Å². The highest BCUT2D eigenvalue weighted by molar-refractivity contribution is 6.13. The average molecular weight is 574 g/mol. The third kappa shape index (κ3) is 5.15. The first-order valence-electron chi connectivity index (χ1n) is 15.4. The van der Waals surface area contributed by atoms with Crippen LogP contribution < -0.4 is 4.90 Å². The van der Waals surface area contributed by atoms with Crippen LogP contribution in [0.5, 0.6) is 0 Å². The van der Waals surface area contributed by atoms with Gasteiger partial charge < -0.3 is 4.90 Å². The van der Waals surface area contributed by atoms with Crippen LogP contribution in [0.15, 0.2) is 188 Å². The van der Waals surface area contributed by atoms with E-state index in [1.807, 2.05) is 0 Å². The van der Waals surface area contributed by atoms with E-state index < -0.39 is 0 Å². The molecule has 212 valence electrons. The van der Waals surface area contributed by atoms with E-state index in [1.165, 1.54) is 54.9 Å². The van der Waals surface area contributed by atoms with Crippen molar-refractivity contribution < 1.29 is 0 Å². The molecule has 0 heterocycles. The molecule has 0 amide bonds. The lowest BCUT2D eigenvalue weighted by atomic mass is 9.92. The van der Waals surface area contributed by atoms with Gasteiger partial charge in [-0.05, 0) is 97.4 Å². The number of benzene rings is 8. The Bertz CT molecular complexity index is 2220. The minimum absolute atomic E-state index is 1.12. The van der Waals surface area contributed by atoms with E-state index in [2.05, 4.69) is 193 Å². The van der Waals surface area contributed by atoms with Crippen LogP contribution in [-0.4, -0.2) is 0 Å². The summed E-state index contributed by atoms with van der Waals surface area (Å²) < 4.78 is 0. The summed E-state index contributed by atoms with van der Waals surface area (Å²) >= 11 is 0. The second-order valence-corrected chi connectivity index (χ2v) is 11.4. The molecule has 0 fully saturated rings. The molecule has 0 unspecified atom stereocenters. The van der Waals surface area contributed by atoms with E-state index in [4.69, 9.17) is 0 Å². The quantitative estimate of drug-likeness (QED) is 0.179. The Kier molecular flexibility index (Phi) is 6.90. The molecule has 1 heteroatoms. The Morgan fingerprint density at radius 2 is 0.667 bits per heavy atom. The smallest absolute Gasteiger partial charge is 0.0462 e. The zero-order valence-electron chi connectivity index (χ0n) is 24.8. The topological polar surface area (TPSA) is 3.24 Å². The lowest BCUT2D eigenvalue weighted by molar-refractivity contribution is 1.28. The van der Waals surface area contributed by atoms with Crippen molar-refractivity contribution >= 4 is 38.6 Å². The van der Waals surface area contributed by atoms with E-state index in [0.717, 1.165) is 17.1 Å². The SMILES string of the molecule is c1ccc(-c2ccc(N(c3ccccc3)c3ccc(-c4ccc(-c5cc6ccccc6c6ccccc56)cc4)cc3)cc2)cc1. The maximum Gasteiger partial charge on any atom is 0.0462 e. The fourth-order valence-electron chi connectivity index (χ4n) is 6.40. The van der Waals surface area contributed by atoms with E-state index in [-0.39, 0.29) is 0 Å². The van der Waals surface area contributed by atoms with Crippen LogP contribution in [0.1, 0.15) is 0 Å². The molecule has 0 bridgehead atoms. The highest BCUT2D eigenvalue weighted by Gasteiger charge is 2.13. The molecule has 0 aliphatic rings. The number of nitrogens with zero attached hydrogens (tertiary/aromatic N) is 1. The van der Waals surface area contributed by atoms with Crippen LogP contribution in [0.2, 0.25) is 0 Å². The zero-order valence-corrected chi connectivity index (χ0v) is 24.8. The summed E-state index contributed by atoms with van der Waals surface area (Å²) in [7, 11) is 0. The molecule has 8 aromatic rings. The molecule has 45 heavy (non-hydrogen) atoms. The van der Waals surface area contributed by atoms with Crippen molar-refractivity contribution in [1.29, 1.82) is 0 Å². The monoisotopic (exact) mass is 573 g/mol. The summed E-state index contributed by atoms with van der Waals surface area (Å²) in [6, 6.07) is 67.5. The van der Waals surface area contributed by atoms with Crippen molar-refractivity contribution in [2.24, 2.45) is 0 Å². The number of hydrogen-bond acceptors (Lipinski definition) is 1. The van der Waals surface area contributed by atoms with Gasteiger partial charge >= 0.3 is 0 Å². The molecule has 0 atom stereocenters. The first kappa shape index (κ1) is 26.7. The molecule has 0 aliphatic carbocycles. The van der Waals surface area contributed by atoms with Gasteiger partial charge in [-0.3, -0.25) is 0 Å². The molecule has 0 N–H and O–H groups in total. The van der Waals surface area contributed by atoms with Crippen molar-refractivity contribution in [3.63, 3.8) is 0 Å². The van der Waals surface area contributed by atoms with Gasteiger partial charge in [-0.1, -0.05) is 146 Å². The van der Waals surface area contributed by atoms with Crippen LogP contribution in [0.3, 0.4) is 0 Å². The molecule has 8 aromatic carbocycles. The Balaban J connectivity index is 1.11. The van der Waals surface area contributed by atoms with E-state index in [1.54, 1.807) is 0 Å². The number of anilines is 3. The molecule has 1 nitrogen and oxygen atoms in total. The lowest BCUT2D eigenvalue weighted by Crippen LogP contribution is -2.09. The highest BCUT2D eigenvalue weighted by Crippen LogP contribution is 2.38. The predicted molar refractivity (Wildman–Crippen MR) is 192 cm³/mol. The van der Waals surface area contributed by atoms with Crippen molar-refractivity contribution in [3.05, 3.63) is 188 Å². The second-order valence-electron chi connectivity index (χ2n) is 11.4. The fraction of sp³-hybridized carbons (Fsp3) is 0. The number of rotatable bonds is 6. The van der Waals surface area contributed by atoms with Gasteiger partial charge in [0.05, 0.1) is 0 Å². The highest BCUT2D eigenvalue weighted by atomic mass is 15.1. The molecule has 0 aromatic heterocycles. The Morgan fingerprint density at radius 1 is 0.267 bits per heavy atom. The minimum Gasteiger partial charge on any atom is -0.311 e. The van der Waals surface area contributed by atoms with Crippen molar-refractivity contribution in [2.75, 3.05) is 4.90 Å². The molecule has 0 radical (unpaired) electrons. The van der Waals surface area contributed by atoms with Crippen LogP contribution in [0.4, 0.5) is 17.1 Å². The van der Waals surface area contributed by atoms with E-state index in [0.29, 0.717) is 0 Å². The van der Waals surface area contributed by atoms with Crippen LogP contribution >= 0.6 is 0 Å².